The topological polar surface area (TPSA) is 84.4 Å². The van der Waals surface area contributed by atoms with Gasteiger partial charge in [-0.3, -0.25) is 9.69 Å². The molecule has 0 aliphatic carbocycles. The van der Waals surface area contributed by atoms with Crippen LogP contribution in [0.25, 0.3) is 11.5 Å². The monoisotopic (exact) mass is 360 g/mol. The number of nitrogens with one attached hydrogen (secondary N) is 1. The Balaban J connectivity index is 1.55. The summed E-state index contributed by atoms with van der Waals surface area (Å²) in [4.78, 5) is 19.0. The van der Waals surface area contributed by atoms with Crippen LogP contribution in [0.5, 0.6) is 0 Å². The maximum absolute atomic E-state index is 12.2. The molecule has 0 atom stereocenters. The van der Waals surface area contributed by atoms with Crippen molar-refractivity contribution in [3.8, 4) is 11.5 Å². The SMILES string of the molecule is CCN(CC)Cc1csc(CNC(=O)c2cc(-c3ccco3)on2)n1. The minimum absolute atomic E-state index is 0.214. The molecule has 0 saturated heterocycles. The molecule has 3 aromatic rings. The van der Waals surface area contributed by atoms with Gasteiger partial charge in [-0.2, -0.15) is 0 Å². The number of hydrogen-bond acceptors (Lipinski definition) is 7. The van der Waals surface area contributed by atoms with E-state index in [0.717, 1.165) is 30.3 Å². The van der Waals surface area contributed by atoms with E-state index in [1.54, 1.807) is 29.5 Å². The Kier molecular flexibility index (Phi) is 5.62. The fraction of sp³-hybridized carbons (Fsp3) is 0.353. The van der Waals surface area contributed by atoms with Crippen LogP contribution in [0.2, 0.25) is 0 Å². The Morgan fingerprint density at radius 2 is 2.16 bits per heavy atom. The minimum atomic E-state index is -0.304. The third-order valence-electron chi connectivity index (χ3n) is 3.79. The number of carbonyl (C=O) groups excluding carboxylic acids is 1. The van der Waals surface area contributed by atoms with Crippen LogP contribution in [0.4, 0.5) is 0 Å². The van der Waals surface area contributed by atoms with Crippen LogP contribution in [-0.4, -0.2) is 34.0 Å². The Morgan fingerprint density at radius 3 is 2.88 bits per heavy atom. The quantitative estimate of drug-likeness (QED) is 0.664. The summed E-state index contributed by atoms with van der Waals surface area (Å²) in [6, 6.07) is 5.05. The molecule has 3 heterocycles. The lowest BCUT2D eigenvalue weighted by Gasteiger charge is -2.15. The van der Waals surface area contributed by atoms with Gasteiger partial charge in [0.2, 0.25) is 5.76 Å². The van der Waals surface area contributed by atoms with E-state index in [1.807, 2.05) is 5.38 Å². The van der Waals surface area contributed by atoms with Crippen molar-refractivity contribution in [3.63, 3.8) is 0 Å². The Morgan fingerprint density at radius 1 is 1.32 bits per heavy atom. The van der Waals surface area contributed by atoms with Gasteiger partial charge in [0.25, 0.3) is 5.91 Å². The standard InChI is InChI=1S/C17H20N4O3S/c1-3-21(4-2)10-12-11-25-16(19-12)9-18-17(22)13-8-15(24-20-13)14-6-5-7-23-14/h5-8,11H,3-4,9-10H2,1-2H3,(H,18,22). The zero-order valence-electron chi connectivity index (χ0n) is 14.2. The molecule has 1 amide bonds. The normalized spacial score (nSPS) is 11.2. The Hall–Kier alpha value is -2.45. The van der Waals surface area contributed by atoms with Crippen molar-refractivity contribution in [2.45, 2.75) is 26.9 Å². The maximum Gasteiger partial charge on any atom is 0.273 e. The van der Waals surface area contributed by atoms with Gasteiger partial charge in [0.1, 0.15) is 5.01 Å². The number of thiazole rings is 1. The first-order valence-electron chi connectivity index (χ1n) is 8.14. The number of rotatable bonds is 8. The molecule has 0 aromatic carbocycles. The number of amides is 1. The first kappa shape index (κ1) is 17.4. The highest BCUT2D eigenvalue weighted by atomic mass is 32.1. The fourth-order valence-corrected chi connectivity index (χ4v) is 3.07. The van der Waals surface area contributed by atoms with E-state index in [9.17, 15) is 4.79 Å². The van der Waals surface area contributed by atoms with Crippen molar-refractivity contribution in [1.29, 1.82) is 0 Å². The molecular weight excluding hydrogens is 340 g/mol. The van der Waals surface area contributed by atoms with Crippen molar-refractivity contribution < 1.29 is 13.7 Å². The van der Waals surface area contributed by atoms with Gasteiger partial charge in [0.05, 0.1) is 18.5 Å². The molecular formula is C17H20N4O3S. The van der Waals surface area contributed by atoms with E-state index < -0.39 is 0 Å². The van der Waals surface area contributed by atoms with Gasteiger partial charge in [-0.25, -0.2) is 4.98 Å². The van der Waals surface area contributed by atoms with Gasteiger partial charge >= 0.3 is 0 Å². The summed E-state index contributed by atoms with van der Waals surface area (Å²) in [5, 5.41) is 9.49. The van der Waals surface area contributed by atoms with Crippen LogP contribution in [-0.2, 0) is 13.1 Å². The van der Waals surface area contributed by atoms with E-state index >= 15 is 0 Å². The molecule has 1 N–H and O–H groups in total. The van der Waals surface area contributed by atoms with Gasteiger partial charge in [0, 0.05) is 18.0 Å². The minimum Gasteiger partial charge on any atom is -0.461 e. The summed E-state index contributed by atoms with van der Waals surface area (Å²) < 4.78 is 10.3. The smallest absolute Gasteiger partial charge is 0.273 e. The second-order valence-corrected chi connectivity index (χ2v) is 6.37. The zero-order chi connectivity index (χ0) is 17.6. The predicted molar refractivity (Wildman–Crippen MR) is 94.1 cm³/mol. The molecule has 8 heteroatoms. The van der Waals surface area contributed by atoms with E-state index in [-0.39, 0.29) is 11.6 Å². The predicted octanol–water partition coefficient (Wildman–Crippen LogP) is 3.16. The largest absolute Gasteiger partial charge is 0.461 e. The van der Waals surface area contributed by atoms with Gasteiger partial charge in [-0.05, 0) is 25.2 Å². The Labute approximate surface area is 149 Å². The first-order valence-corrected chi connectivity index (χ1v) is 9.02. The molecule has 3 rings (SSSR count). The van der Waals surface area contributed by atoms with Crippen molar-refractivity contribution in [1.82, 2.24) is 20.4 Å². The van der Waals surface area contributed by atoms with Crippen LogP contribution in [0, 0.1) is 0 Å². The van der Waals surface area contributed by atoms with Crippen LogP contribution < -0.4 is 5.32 Å². The lowest BCUT2D eigenvalue weighted by molar-refractivity contribution is 0.0942. The number of nitrogens with zero attached hydrogens (tertiary/aromatic N) is 3. The summed E-state index contributed by atoms with van der Waals surface area (Å²) in [5.41, 5.74) is 1.24. The van der Waals surface area contributed by atoms with E-state index in [0.29, 0.717) is 18.1 Å². The highest BCUT2D eigenvalue weighted by Gasteiger charge is 2.15. The molecule has 25 heavy (non-hydrogen) atoms. The molecule has 7 nitrogen and oxygen atoms in total. The molecule has 0 aliphatic heterocycles. The number of hydrogen-bond donors (Lipinski definition) is 1. The highest BCUT2D eigenvalue weighted by molar-refractivity contribution is 7.09. The van der Waals surface area contributed by atoms with Gasteiger partial charge in [0.15, 0.2) is 11.5 Å². The van der Waals surface area contributed by atoms with Crippen LogP contribution in [0.1, 0.15) is 35.0 Å². The molecule has 3 aromatic heterocycles. The third-order valence-corrected chi connectivity index (χ3v) is 4.68. The van der Waals surface area contributed by atoms with Crippen molar-refractivity contribution in [3.05, 3.63) is 46.2 Å². The molecule has 0 fully saturated rings. The molecule has 0 spiro atoms. The second-order valence-electron chi connectivity index (χ2n) is 5.43. The third kappa shape index (κ3) is 4.34. The molecule has 0 saturated carbocycles. The van der Waals surface area contributed by atoms with E-state index in [2.05, 4.69) is 34.2 Å². The highest BCUT2D eigenvalue weighted by Crippen LogP contribution is 2.20. The van der Waals surface area contributed by atoms with Crippen molar-refractivity contribution >= 4 is 17.2 Å². The fourth-order valence-electron chi connectivity index (χ4n) is 2.34. The van der Waals surface area contributed by atoms with Crippen LogP contribution in [0.15, 0.2) is 38.8 Å². The summed E-state index contributed by atoms with van der Waals surface area (Å²) in [5.74, 6) is 0.653. The summed E-state index contributed by atoms with van der Waals surface area (Å²) in [6.07, 6.45) is 1.54. The van der Waals surface area contributed by atoms with Crippen molar-refractivity contribution in [2.24, 2.45) is 0 Å². The molecule has 0 bridgehead atoms. The second kappa shape index (κ2) is 8.09. The van der Waals surface area contributed by atoms with Gasteiger partial charge in [-0.1, -0.05) is 19.0 Å². The van der Waals surface area contributed by atoms with E-state index in [1.165, 1.54) is 6.26 Å². The summed E-state index contributed by atoms with van der Waals surface area (Å²) >= 11 is 1.54. The van der Waals surface area contributed by atoms with Gasteiger partial charge < -0.3 is 14.3 Å². The first-order chi connectivity index (χ1) is 12.2. The molecule has 0 unspecified atom stereocenters. The number of aromatic nitrogens is 2. The molecule has 0 aliphatic rings. The zero-order valence-corrected chi connectivity index (χ0v) is 15.0. The van der Waals surface area contributed by atoms with Crippen molar-refractivity contribution in [2.75, 3.05) is 13.1 Å². The lowest BCUT2D eigenvalue weighted by Crippen LogP contribution is -2.23. The average Bonchev–Trinajstić information content (AvgIpc) is 3.38. The maximum atomic E-state index is 12.2. The number of carbonyl (C=O) groups is 1. The summed E-state index contributed by atoms with van der Waals surface area (Å²) in [7, 11) is 0. The Bertz CT molecular complexity index is 806. The average molecular weight is 360 g/mol. The lowest BCUT2D eigenvalue weighted by atomic mass is 10.3. The molecule has 0 radical (unpaired) electrons. The summed E-state index contributed by atoms with van der Waals surface area (Å²) in [6.45, 7) is 7.43. The van der Waals surface area contributed by atoms with Gasteiger partial charge in [-0.15, -0.1) is 11.3 Å². The van der Waals surface area contributed by atoms with Crippen LogP contribution >= 0.6 is 11.3 Å². The number of furan rings is 1. The molecule has 132 valence electrons. The van der Waals surface area contributed by atoms with E-state index in [4.69, 9.17) is 8.94 Å². The van der Waals surface area contributed by atoms with Crippen LogP contribution in [0.3, 0.4) is 0 Å².